The molecule has 0 amide bonds. The van der Waals surface area contributed by atoms with Crippen LogP contribution >= 0.6 is 11.6 Å². The minimum Gasteiger partial charge on any atom is -0.478 e. The summed E-state index contributed by atoms with van der Waals surface area (Å²) in [5.74, 6) is 2.68. The summed E-state index contributed by atoms with van der Waals surface area (Å²) in [6.07, 6.45) is 0. The molecule has 0 bridgehead atoms. The van der Waals surface area contributed by atoms with Crippen LogP contribution in [0.5, 0.6) is 0 Å². The Balaban J connectivity index is 3.10. The summed E-state index contributed by atoms with van der Waals surface area (Å²) in [6, 6.07) is 1.91. The molecule has 0 saturated carbocycles. The fourth-order valence-corrected chi connectivity index (χ4v) is 1.25. The molecule has 1 N–H and O–H groups in total. The van der Waals surface area contributed by atoms with E-state index in [2.05, 4.69) is 21.9 Å². The van der Waals surface area contributed by atoms with E-state index in [9.17, 15) is 9.18 Å². The minimum atomic E-state index is -1.32. The second-order valence-corrected chi connectivity index (χ2v) is 3.22. The van der Waals surface area contributed by atoms with E-state index < -0.39 is 11.8 Å². The summed E-state index contributed by atoms with van der Waals surface area (Å²) in [5, 5.41) is 11.7. The molecule has 0 aromatic heterocycles. The second-order valence-electron chi connectivity index (χ2n) is 2.81. The van der Waals surface area contributed by atoms with Gasteiger partial charge in [0.05, 0.1) is 22.7 Å². The van der Waals surface area contributed by atoms with E-state index >= 15 is 0 Å². The molecule has 0 unspecified atom stereocenters. The smallest absolute Gasteiger partial charge is 0.337 e. The highest BCUT2D eigenvalue weighted by Gasteiger charge is 2.12. The largest absolute Gasteiger partial charge is 0.478 e. The van der Waals surface area contributed by atoms with Crippen molar-refractivity contribution < 1.29 is 14.3 Å². The van der Waals surface area contributed by atoms with Crippen LogP contribution in [-0.4, -0.2) is 17.6 Å². The Labute approximate surface area is 100 Å². The van der Waals surface area contributed by atoms with Crippen LogP contribution in [0.3, 0.4) is 0 Å². The van der Waals surface area contributed by atoms with Gasteiger partial charge in [-0.2, -0.15) is 0 Å². The van der Waals surface area contributed by atoms with E-state index in [0.29, 0.717) is 0 Å². The van der Waals surface area contributed by atoms with E-state index in [-0.39, 0.29) is 22.7 Å². The van der Waals surface area contributed by atoms with Gasteiger partial charge in [-0.3, -0.25) is 0 Å². The van der Waals surface area contributed by atoms with Crippen molar-refractivity contribution in [1.82, 2.24) is 0 Å². The number of hydrogen-bond acceptors (Lipinski definition) is 2. The molecular weight excluding hydrogens is 249 g/mol. The number of carboxylic acid groups (broad SMARTS) is 1. The number of hydrogen-bond donors (Lipinski definition) is 1. The first kappa shape index (κ1) is 12.8. The molecule has 0 saturated heterocycles. The summed E-state index contributed by atoms with van der Waals surface area (Å²) in [5.41, 5.74) is 7.61. The number of rotatable bonds is 2. The Morgan fingerprint density at radius 1 is 1.65 bits per heavy atom. The molecule has 1 rings (SSSR count). The first-order valence-corrected chi connectivity index (χ1v) is 4.66. The number of carboxylic acids is 1. The average molecular weight is 254 g/mol. The van der Waals surface area contributed by atoms with E-state index in [1.54, 1.807) is 0 Å². The summed E-state index contributed by atoms with van der Waals surface area (Å²) < 4.78 is 13.4. The van der Waals surface area contributed by atoms with Crippen molar-refractivity contribution in [3.63, 3.8) is 0 Å². The van der Waals surface area contributed by atoms with E-state index in [1.165, 1.54) is 0 Å². The Bertz CT molecular complexity index is 571. The lowest BCUT2D eigenvalue weighted by molar-refractivity contribution is 0.0696. The monoisotopic (exact) mass is 253 g/mol. The number of aromatic carboxylic acids is 1. The van der Waals surface area contributed by atoms with Crippen molar-refractivity contribution in [2.45, 2.75) is 0 Å². The molecule has 0 aliphatic heterocycles. The van der Waals surface area contributed by atoms with Gasteiger partial charge in [-0.05, 0) is 17.7 Å². The predicted molar refractivity (Wildman–Crippen MR) is 59.3 cm³/mol. The molecule has 0 radical (unpaired) electrons. The van der Waals surface area contributed by atoms with Crippen LogP contribution in [0.2, 0.25) is 5.02 Å². The Morgan fingerprint density at radius 2 is 2.35 bits per heavy atom. The average Bonchev–Trinajstić information content (AvgIpc) is 2.28. The van der Waals surface area contributed by atoms with Crippen molar-refractivity contribution in [2.75, 3.05) is 6.54 Å². The predicted octanol–water partition coefficient (Wildman–Crippen LogP) is 2.84. The van der Waals surface area contributed by atoms with E-state index in [0.717, 1.165) is 12.1 Å². The van der Waals surface area contributed by atoms with Crippen molar-refractivity contribution in [3.8, 4) is 11.8 Å². The zero-order valence-electron chi connectivity index (χ0n) is 8.31. The van der Waals surface area contributed by atoms with Gasteiger partial charge in [0.2, 0.25) is 0 Å². The zero-order valence-corrected chi connectivity index (χ0v) is 9.07. The molecule has 1 aromatic rings. The van der Waals surface area contributed by atoms with Crippen LogP contribution in [-0.2, 0) is 0 Å². The molecule has 0 heterocycles. The third-order valence-electron chi connectivity index (χ3n) is 1.72. The van der Waals surface area contributed by atoms with Gasteiger partial charge < -0.3 is 5.11 Å². The highest BCUT2D eigenvalue weighted by Crippen LogP contribution is 2.20. The molecule has 5 nitrogen and oxygen atoms in total. The van der Waals surface area contributed by atoms with Gasteiger partial charge >= 0.3 is 5.97 Å². The maximum absolute atomic E-state index is 13.4. The van der Waals surface area contributed by atoms with Gasteiger partial charge in [0.1, 0.15) is 5.82 Å². The molecule has 17 heavy (non-hydrogen) atoms. The first-order chi connectivity index (χ1) is 8.06. The minimum absolute atomic E-state index is 0.0480. The lowest BCUT2D eigenvalue weighted by Crippen LogP contribution is -1.99. The fraction of sp³-hybridized carbons (Fsp3) is 0.100. The third-order valence-corrected chi connectivity index (χ3v) is 2.04. The Hall–Kier alpha value is -2.22. The second kappa shape index (κ2) is 5.75. The molecular formula is C10H5ClFN3O2. The van der Waals surface area contributed by atoms with E-state index in [1.807, 2.05) is 0 Å². The number of carbonyl (C=O) groups is 1. The molecule has 86 valence electrons. The molecule has 7 heteroatoms. The van der Waals surface area contributed by atoms with Crippen LogP contribution in [0.1, 0.15) is 15.9 Å². The van der Waals surface area contributed by atoms with Gasteiger partial charge in [0, 0.05) is 4.91 Å². The molecule has 0 aliphatic carbocycles. The van der Waals surface area contributed by atoms with Gasteiger partial charge in [0.25, 0.3) is 0 Å². The first-order valence-electron chi connectivity index (χ1n) is 4.28. The summed E-state index contributed by atoms with van der Waals surface area (Å²) in [7, 11) is 0. The number of azide groups is 1. The SMILES string of the molecule is [N-]=[N+]=NCC#Cc1cc(Cl)c(C(=O)O)cc1F. The van der Waals surface area contributed by atoms with Gasteiger partial charge in [-0.25, -0.2) is 9.18 Å². The molecule has 0 atom stereocenters. The van der Waals surface area contributed by atoms with Crippen LogP contribution in [0.4, 0.5) is 4.39 Å². The summed E-state index contributed by atoms with van der Waals surface area (Å²) >= 11 is 5.64. The zero-order chi connectivity index (χ0) is 12.8. The van der Waals surface area contributed by atoms with Crippen molar-refractivity contribution >= 4 is 17.6 Å². The molecule has 0 aliphatic rings. The summed E-state index contributed by atoms with van der Waals surface area (Å²) in [4.78, 5) is 13.1. The fourth-order valence-electron chi connectivity index (χ4n) is 1.01. The van der Waals surface area contributed by atoms with Crippen molar-refractivity contribution in [3.05, 3.63) is 44.5 Å². The quantitative estimate of drug-likeness (QED) is 0.380. The Kier molecular flexibility index (Phi) is 4.35. The number of halogens is 2. The van der Waals surface area contributed by atoms with Gasteiger partial charge in [-0.1, -0.05) is 28.6 Å². The normalized spacial score (nSPS) is 8.82. The van der Waals surface area contributed by atoms with Crippen molar-refractivity contribution in [2.24, 2.45) is 5.11 Å². The Morgan fingerprint density at radius 3 is 2.94 bits per heavy atom. The number of nitrogens with zero attached hydrogens (tertiary/aromatic N) is 3. The van der Waals surface area contributed by atoms with Crippen LogP contribution in [0.25, 0.3) is 10.4 Å². The number of benzene rings is 1. The summed E-state index contributed by atoms with van der Waals surface area (Å²) in [6.45, 7) is -0.103. The van der Waals surface area contributed by atoms with Gasteiger partial charge in [0.15, 0.2) is 0 Å². The molecule has 0 spiro atoms. The van der Waals surface area contributed by atoms with Gasteiger partial charge in [-0.15, -0.1) is 0 Å². The maximum atomic E-state index is 13.4. The molecule has 0 fully saturated rings. The third kappa shape index (κ3) is 3.38. The van der Waals surface area contributed by atoms with Crippen LogP contribution < -0.4 is 0 Å². The van der Waals surface area contributed by atoms with Crippen LogP contribution in [0.15, 0.2) is 17.2 Å². The van der Waals surface area contributed by atoms with Crippen molar-refractivity contribution in [1.29, 1.82) is 0 Å². The highest BCUT2D eigenvalue weighted by atomic mass is 35.5. The molecule has 1 aromatic carbocycles. The highest BCUT2D eigenvalue weighted by molar-refractivity contribution is 6.33. The lowest BCUT2D eigenvalue weighted by atomic mass is 10.1. The van der Waals surface area contributed by atoms with E-state index in [4.69, 9.17) is 22.2 Å². The van der Waals surface area contributed by atoms with Crippen LogP contribution in [0, 0.1) is 17.7 Å². The maximum Gasteiger partial charge on any atom is 0.337 e. The topological polar surface area (TPSA) is 86.1 Å². The standard InChI is InChI=1S/C10H5ClFN3O2/c11-8-4-6(2-1-3-14-15-13)9(12)5-7(8)10(16)17/h4-5H,3H2,(H,16,17). The lowest BCUT2D eigenvalue weighted by Gasteiger charge is -2.00.